The number of hydrogen-bond acceptors (Lipinski definition) is 15. The topological polar surface area (TPSA) is 215 Å². The van der Waals surface area contributed by atoms with Crippen LogP contribution in [-0.4, -0.2) is 174 Å². The summed E-state index contributed by atoms with van der Waals surface area (Å²) in [5.74, 6) is -4.37. The smallest absolute Gasteiger partial charge is 0.391 e. The number of aliphatic hydroxyl groups excluding tert-OH is 1. The highest BCUT2D eigenvalue weighted by molar-refractivity contribution is 7.13. The summed E-state index contributed by atoms with van der Waals surface area (Å²) in [5.41, 5.74) is 2.11. The molecule has 19 nitrogen and oxygen atoms in total. The highest BCUT2D eigenvalue weighted by Crippen LogP contribution is 2.38. The van der Waals surface area contributed by atoms with Crippen LogP contribution in [0.1, 0.15) is 94.5 Å². The number of nitrogens with zero attached hydrogens (tertiary/aromatic N) is 8. The standard InChI is InChI=1S/C61H76F5N11O8S/c1-35(31-85-32-52(79)72-55(60(6,7)8)58(83)77-30-44(78)23-51(77)57(82)70-38(4)40-10-12-41(13-11-40)54-39(5)69-34-86-54)16-21-84-33-53(80)74-17-19-75(20-18-74)59-67-26-42(27-68-59)46-24-49(50(25-48(46)63)76-28-36(2)73(9)37(3)29-76)71-56(81)45-15-14-43(62)22-47(45)61(64,65)66/h10-15,22,24-27,34-38,44,51,55,78H,16-21,23,28-33H2,1-9H3,(H,70,82)(H,71,81)(H,72,79)/t35?,36-,37+,38-,44+,51-,55+/m0/s1. The predicted molar refractivity (Wildman–Crippen MR) is 316 cm³/mol. The molecule has 0 saturated carbocycles. The molecule has 0 spiro atoms. The van der Waals surface area contributed by atoms with Gasteiger partial charge in [-0.15, -0.1) is 11.3 Å². The maximum absolute atomic E-state index is 16.2. The molecule has 1 unspecified atom stereocenters. The van der Waals surface area contributed by atoms with Crippen molar-refractivity contribution in [3.8, 4) is 21.6 Å². The van der Waals surface area contributed by atoms with Crippen LogP contribution >= 0.6 is 11.3 Å². The number of aryl methyl sites for hydroxylation is 1. The molecule has 5 aromatic rings. The number of aromatic nitrogens is 3. The third-order valence-corrected chi connectivity index (χ3v) is 17.1. The number of piperazine rings is 2. The fourth-order valence-electron chi connectivity index (χ4n) is 10.9. The number of likely N-dealkylation sites (tertiary alicyclic amines) is 1. The zero-order chi connectivity index (χ0) is 62.4. The second-order valence-corrected chi connectivity index (χ2v) is 24.6. The highest BCUT2D eigenvalue weighted by atomic mass is 32.1. The van der Waals surface area contributed by atoms with Crippen molar-refractivity contribution in [1.29, 1.82) is 0 Å². The Morgan fingerprint density at radius 3 is 2.13 bits per heavy atom. The van der Waals surface area contributed by atoms with E-state index in [4.69, 9.17) is 9.47 Å². The Hall–Kier alpha value is -7.19. The first kappa shape index (κ1) is 64.8. The minimum atomic E-state index is -5.03. The van der Waals surface area contributed by atoms with Crippen molar-refractivity contribution in [3.05, 3.63) is 107 Å². The number of likely N-dealkylation sites (N-methyl/N-ethyl adjacent to an activating group) is 1. The maximum Gasteiger partial charge on any atom is 0.417 e. The molecule has 0 aliphatic carbocycles. The molecule has 86 heavy (non-hydrogen) atoms. The van der Waals surface area contributed by atoms with Gasteiger partial charge in [-0.3, -0.25) is 28.9 Å². The van der Waals surface area contributed by atoms with Gasteiger partial charge in [0.05, 0.1) is 50.7 Å². The number of ether oxygens (including phenoxy) is 2. The molecule has 0 bridgehead atoms. The summed E-state index contributed by atoms with van der Waals surface area (Å²) in [6.07, 6.45) is -2.58. The Kier molecular flexibility index (Phi) is 20.8. The first-order chi connectivity index (χ1) is 40.7. The number of benzene rings is 3. The van der Waals surface area contributed by atoms with Crippen molar-refractivity contribution in [1.82, 2.24) is 40.3 Å². The number of carbonyl (C=O) groups excluding carboxylic acids is 5. The quantitative estimate of drug-likeness (QED) is 0.0434. The Morgan fingerprint density at radius 2 is 1.50 bits per heavy atom. The van der Waals surface area contributed by atoms with Gasteiger partial charge in [-0.2, -0.15) is 13.2 Å². The second-order valence-electron chi connectivity index (χ2n) is 23.7. The molecule has 3 saturated heterocycles. The van der Waals surface area contributed by atoms with Crippen LogP contribution in [0.3, 0.4) is 0 Å². The Bertz CT molecular complexity index is 3200. The fourth-order valence-corrected chi connectivity index (χ4v) is 11.7. The molecule has 5 heterocycles. The lowest BCUT2D eigenvalue weighted by Crippen LogP contribution is -2.58. The molecule has 4 N–H and O–H groups in total. The molecule has 25 heteroatoms. The van der Waals surface area contributed by atoms with Gasteiger partial charge in [0.25, 0.3) is 5.91 Å². The second kappa shape index (κ2) is 27.7. The van der Waals surface area contributed by atoms with Crippen LogP contribution in [0.5, 0.6) is 0 Å². The molecule has 3 aromatic carbocycles. The summed E-state index contributed by atoms with van der Waals surface area (Å²) >= 11 is 1.55. The maximum atomic E-state index is 16.2. The van der Waals surface area contributed by atoms with Gasteiger partial charge in [-0.25, -0.2) is 23.7 Å². The molecule has 3 aliphatic heterocycles. The van der Waals surface area contributed by atoms with E-state index in [9.17, 15) is 46.6 Å². The van der Waals surface area contributed by atoms with Crippen LogP contribution in [-0.2, 0) is 34.8 Å². The Morgan fingerprint density at radius 1 is 0.826 bits per heavy atom. The Labute approximate surface area is 501 Å². The van der Waals surface area contributed by atoms with E-state index in [2.05, 4.69) is 35.8 Å². The third kappa shape index (κ3) is 15.9. The van der Waals surface area contributed by atoms with Gasteiger partial charge in [-0.1, -0.05) is 52.0 Å². The lowest BCUT2D eigenvalue weighted by molar-refractivity contribution is -0.144. The molecule has 3 aliphatic rings. The number of amides is 5. The van der Waals surface area contributed by atoms with Gasteiger partial charge >= 0.3 is 6.18 Å². The van der Waals surface area contributed by atoms with Crippen molar-refractivity contribution in [2.75, 3.05) is 94.4 Å². The van der Waals surface area contributed by atoms with E-state index < -0.39 is 76.2 Å². The van der Waals surface area contributed by atoms with Gasteiger partial charge in [0.2, 0.25) is 29.6 Å². The number of anilines is 3. The van der Waals surface area contributed by atoms with E-state index in [-0.39, 0.29) is 97.9 Å². The number of nitrogens with one attached hydrogen (secondary N) is 3. The lowest BCUT2D eigenvalue weighted by atomic mass is 9.85. The molecule has 464 valence electrons. The van der Waals surface area contributed by atoms with Gasteiger partial charge in [0.1, 0.15) is 36.9 Å². The summed E-state index contributed by atoms with van der Waals surface area (Å²) in [6.45, 7) is 17.3. The first-order valence-electron chi connectivity index (χ1n) is 28.7. The van der Waals surface area contributed by atoms with E-state index in [1.165, 1.54) is 29.4 Å². The number of thiazole rings is 1. The average Bonchev–Trinajstić information content (AvgIpc) is 1.19. The number of aliphatic hydroxyl groups is 1. The van der Waals surface area contributed by atoms with E-state index >= 15 is 4.39 Å². The van der Waals surface area contributed by atoms with Gasteiger partial charge in [0, 0.05) is 101 Å². The zero-order valence-electron chi connectivity index (χ0n) is 49.8. The minimum absolute atomic E-state index is 0.0116. The summed E-state index contributed by atoms with van der Waals surface area (Å²) in [4.78, 5) is 91.1. The molecule has 5 amide bonds. The van der Waals surface area contributed by atoms with Crippen LogP contribution in [0.15, 0.2) is 72.5 Å². The van der Waals surface area contributed by atoms with Crippen LogP contribution in [0, 0.1) is 29.9 Å². The average molecular weight is 1220 g/mol. The summed E-state index contributed by atoms with van der Waals surface area (Å²) in [5, 5.41) is 19.1. The van der Waals surface area contributed by atoms with E-state index in [0.29, 0.717) is 51.6 Å². The van der Waals surface area contributed by atoms with Crippen LogP contribution < -0.4 is 25.8 Å². The molecule has 8 rings (SSSR count). The monoisotopic (exact) mass is 1220 g/mol. The molecular weight excluding hydrogens is 1140 g/mol. The van der Waals surface area contributed by atoms with E-state index in [0.717, 1.165) is 33.8 Å². The van der Waals surface area contributed by atoms with Crippen LogP contribution in [0.4, 0.5) is 39.3 Å². The first-order valence-corrected chi connectivity index (χ1v) is 29.6. The molecule has 3 fully saturated rings. The lowest BCUT2D eigenvalue weighted by Gasteiger charge is -2.44. The van der Waals surface area contributed by atoms with Gasteiger partial charge in [0.15, 0.2) is 0 Å². The highest BCUT2D eigenvalue weighted by Gasteiger charge is 2.45. The van der Waals surface area contributed by atoms with Crippen molar-refractivity contribution in [3.63, 3.8) is 0 Å². The van der Waals surface area contributed by atoms with Gasteiger partial charge < -0.3 is 50.1 Å². The van der Waals surface area contributed by atoms with Crippen molar-refractivity contribution >= 4 is 58.2 Å². The Balaban J connectivity index is 0.773. The number of hydrogen-bond donors (Lipinski definition) is 4. The number of rotatable bonds is 20. The number of carbonyl (C=O) groups is 5. The number of alkyl halides is 3. The van der Waals surface area contributed by atoms with Crippen LogP contribution in [0.25, 0.3) is 21.6 Å². The normalized spacial score (nSPS) is 19.7. The van der Waals surface area contributed by atoms with Crippen molar-refractivity contribution < 1.29 is 60.5 Å². The van der Waals surface area contributed by atoms with Gasteiger partial charge in [-0.05, 0) is 94.0 Å². The zero-order valence-corrected chi connectivity index (χ0v) is 50.7. The largest absolute Gasteiger partial charge is 0.417 e. The van der Waals surface area contributed by atoms with Crippen molar-refractivity contribution in [2.45, 2.75) is 111 Å². The molecule has 0 radical (unpaired) electrons. The molecule has 2 aromatic heterocycles. The summed E-state index contributed by atoms with van der Waals surface area (Å²) < 4.78 is 83.6. The fraction of sp³-hybridized carbons (Fsp3) is 0.508. The van der Waals surface area contributed by atoms with E-state index in [1.807, 2.05) is 75.7 Å². The summed E-state index contributed by atoms with van der Waals surface area (Å²) in [6, 6.07) is 9.84. The van der Waals surface area contributed by atoms with Crippen molar-refractivity contribution in [2.24, 2.45) is 11.3 Å². The number of halogens is 5. The minimum Gasteiger partial charge on any atom is -0.391 e. The SMILES string of the molecule is Cc1ncsc1-c1ccc([C@H](C)NC(=O)[C@@H]2C[C@@H](O)CN2C(=O)[C@@H](NC(=O)COCC(C)CCOCC(=O)N2CCN(c3ncc(-c4cc(NC(=O)c5ccc(F)cc5C(F)(F)F)c(N5C[C@@H](C)N(C)[C@@H](C)C5)cc4F)cn3)CC2)C(C)(C)C)cc1. The molecular formula is C61H76F5N11O8S. The van der Waals surface area contributed by atoms with Crippen LogP contribution in [0.2, 0.25) is 0 Å². The number of β-amino-alcohol motifs (C(OH)–C–C–N with tert-alkyl or cyclic N) is 1. The third-order valence-electron chi connectivity index (χ3n) is 16.1. The van der Waals surface area contributed by atoms with E-state index in [1.54, 1.807) is 42.5 Å². The molecule has 7 atom stereocenters. The predicted octanol–water partition coefficient (Wildman–Crippen LogP) is 7.73. The summed E-state index contributed by atoms with van der Waals surface area (Å²) in [7, 11) is 1.96.